The van der Waals surface area contributed by atoms with Crippen LogP contribution in [0.15, 0.2) is 124 Å². The van der Waals surface area contributed by atoms with E-state index in [0.717, 1.165) is 55.5 Å². The number of aromatic nitrogens is 1. The van der Waals surface area contributed by atoms with E-state index in [9.17, 15) is 0 Å². The Bertz CT molecular complexity index is 3970. The van der Waals surface area contributed by atoms with Gasteiger partial charge in [-0.2, -0.15) is 0 Å². The van der Waals surface area contributed by atoms with Gasteiger partial charge in [-0.25, -0.2) is 0 Å². The predicted octanol–water partition coefficient (Wildman–Crippen LogP) is 16.0. The molecule has 7 aromatic carbocycles. The van der Waals surface area contributed by atoms with Crippen molar-refractivity contribution in [1.82, 2.24) is 4.57 Å². The van der Waals surface area contributed by atoms with E-state index in [0.29, 0.717) is 0 Å². The van der Waals surface area contributed by atoms with E-state index in [4.69, 9.17) is 8.83 Å². The van der Waals surface area contributed by atoms with E-state index in [-0.39, 0.29) is 28.5 Å². The Hall–Kier alpha value is -6.24. The second kappa shape index (κ2) is 12.4. The van der Waals surface area contributed by atoms with Crippen molar-refractivity contribution in [2.75, 3.05) is 4.81 Å². The molecule has 4 aromatic heterocycles. The molecular weight excluding hydrogens is 824 g/mol. The predicted molar refractivity (Wildman–Crippen MR) is 282 cm³/mol. The van der Waals surface area contributed by atoms with Crippen molar-refractivity contribution in [3.05, 3.63) is 138 Å². The highest BCUT2D eigenvalue weighted by Gasteiger charge is 2.48. The smallest absolute Gasteiger partial charge is 0.375 e. The summed E-state index contributed by atoms with van der Waals surface area (Å²) in [7, 11) is 0. The molecule has 0 atom stereocenters. The number of nitrogens with zero attached hydrogens (tertiary/aromatic N) is 2. The molecule has 2 aliphatic heterocycles. The molecule has 0 N–H and O–H groups in total. The maximum absolute atomic E-state index is 7.39. The highest BCUT2D eigenvalue weighted by molar-refractivity contribution is 7.25. The van der Waals surface area contributed by atoms with Crippen LogP contribution in [-0.4, -0.2) is 11.4 Å². The summed E-state index contributed by atoms with van der Waals surface area (Å²) in [6.07, 6.45) is 2.40. The number of fused-ring (bicyclic) bond motifs is 17. The largest absolute Gasteiger partial charge is 0.466 e. The van der Waals surface area contributed by atoms with Gasteiger partial charge in [-0.15, -0.1) is 11.3 Å². The van der Waals surface area contributed by atoms with E-state index in [1.165, 1.54) is 93.8 Å². The second-order valence-electron chi connectivity index (χ2n) is 23.2. The summed E-state index contributed by atoms with van der Waals surface area (Å²) in [5.74, 6) is 0. The summed E-state index contributed by atoms with van der Waals surface area (Å²) in [5.41, 5.74) is 19.3. The summed E-state index contributed by atoms with van der Waals surface area (Å²) in [6.45, 7) is 23.4. The maximum Gasteiger partial charge on any atom is 0.375 e. The fourth-order valence-electron chi connectivity index (χ4n) is 12.3. The van der Waals surface area contributed by atoms with E-state index < -0.39 is 0 Å². The molecule has 0 radical (unpaired) electrons. The third-order valence-electron chi connectivity index (χ3n) is 16.1. The molecule has 6 heterocycles. The summed E-state index contributed by atoms with van der Waals surface area (Å²) >= 11 is 1.95. The first-order valence-electron chi connectivity index (χ1n) is 23.9. The SMILES string of the molecule is CC(C)(C)c1ccc(N2B3c4oc5ccc(C(C)(C)C)cc5c4-n4c5cc6oc7ccccc7c6cc5c5ccc(c3c54)-c3cc4c(cc32)sc2cc3c(cc24)C(C)(C)CCC3(C)C)cc1. The van der Waals surface area contributed by atoms with Crippen LogP contribution in [0.2, 0.25) is 0 Å². The van der Waals surface area contributed by atoms with Crippen LogP contribution >= 0.6 is 11.3 Å². The molecule has 0 saturated heterocycles. The van der Waals surface area contributed by atoms with Gasteiger partial charge in [0, 0.05) is 70.1 Å². The van der Waals surface area contributed by atoms with Gasteiger partial charge in [0.15, 0.2) is 0 Å². The first-order chi connectivity index (χ1) is 31.4. The fourth-order valence-corrected chi connectivity index (χ4v) is 13.4. The molecule has 0 unspecified atom stereocenters. The number of anilines is 2. The summed E-state index contributed by atoms with van der Waals surface area (Å²) < 4.78 is 19.3. The number of furan rings is 2. The van der Waals surface area contributed by atoms with Crippen LogP contribution in [0.5, 0.6) is 0 Å². The summed E-state index contributed by atoms with van der Waals surface area (Å²) in [4.78, 5) is 2.62. The van der Waals surface area contributed by atoms with Gasteiger partial charge in [0.2, 0.25) is 0 Å². The first-order valence-corrected chi connectivity index (χ1v) is 24.7. The third kappa shape index (κ3) is 5.06. The molecule has 324 valence electrons. The average molecular weight is 877 g/mol. The van der Waals surface area contributed by atoms with Crippen molar-refractivity contribution >= 4 is 116 Å². The van der Waals surface area contributed by atoms with E-state index in [1.54, 1.807) is 0 Å². The van der Waals surface area contributed by atoms with Gasteiger partial charge < -0.3 is 18.2 Å². The van der Waals surface area contributed by atoms with Crippen LogP contribution in [0.1, 0.15) is 104 Å². The summed E-state index contributed by atoms with van der Waals surface area (Å²) in [5, 5.41) is 8.61. The Kier molecular flexibility index (Phi) is 7.32. The molecule has 1 aliphatic carbocycles. The number of rotatable bonds is 1. The molecule has 0 amide bonds. The molecule has 0 fully saturated rings. The van der Waals surface area contributed by atoms with Gasteiger partial charge >= 0.3 is 6.85 Å². The van der Waals surface area contributed by atoms with Gasteiger partial charge in [0.1, 0.15) is 22.4 Å². The molecule has 4 nitrogen and oxygen atoms in total. The fraction of sp³-hybridized carbons (Fsp3) is 0.267. The Balaban J connectivity index is 1.13. The lowest BCUT2D eigenvalue weighted by Gasteiger charge is -2.42. The minimum absolute atomic E-state index is 0.0234. The van der Waals surface area contributed by atoms with E-state index in [2.05, 4.69) is 194 Å². The summed E-state index contributed by atoms with van der Waals surface area (Å²) in [6, 6.07) is 44.4. The molecule has 0 saturated carbocycles. The van der Waals surface area contributed by atoms with Gasteiger partial charge in [-0.1, -0.05) is 118 Å². The normalized spacial score (nSPS) is 16.4. The van der Waals surface area contributed by atoms with E-state index >= 15 is 0 Å². The highest BCUT2D eigenvalue weighted by atomic mass is 32.1. The van der Waals surface area contributed by atoms with Gasteiger partial charge in [-0.3, -0.25) is 0 Å². The molecule has 11 aromatic rings. The van der Waals surface area contributed by atoms with Gasteiger partial charge in [0.25, 0.3) is 0 Å². The second-order valence-corrected chi connectivity index (χ2v) is 24.3. The monoisotopic (exact) mass is 876 g/mol. The number of hydrogen-bond acceptors (Lipinski definition) is 4. The molecule has 6 heteroatoms. The van der Waals surface area contributed by atoms with Crippen molar-refractivity contribution in [2.24, 2.45) is 0 Å². The lowest BCUT2D eigenvalue weighted by Crippen LogP contribution is -2.60. The lowest BCUT2D eigenvalue weighted by molar-refractivity contribution is 0.332. The lowest BCUT2D eigenvalue weighted by atomic mass is 9.46. The number of thiophene rings is 1. The Labute approximate surface area is 389 Å². The van der Waals surface area contributed by atoms with Crippen molar-refractivity contribution in [1.29, 1.82) is 0 Å². The average Bonchev–Trinajstić information content (AvgIpc) is 4.03. The molecule has 3 aliphatic rings. The Morgan fingerprint density at radius 2 is 1.23 bits per heavy atom. The molecular formula is C60H53BN2O2S. The third-order valence-corrected chi connectivity index (χ3v) is 17.3. The van der Waals surface area contributed by atoms with Crippen LogP contribution in [0.4, 0.5) is 11.4 Å². The van der Waals surface area contributed by atoms with Crippen LogP contribution in [-0.2, 0) is 21.7 Å². The van der Waals surface area contributed by atoms with Gasteiger partial charge in [-0.05, 0) is 128 Å². The maximum atomic E-state index is 7.39. The molecule has 0 spiro atoms. The molecule has 0 bridgehead atoms. The standard InChI is InChI=1S/C60H53BN2O2S/c1-57(2,3)32-15-18-34(19-16-32)63-47-31-52-41(42-28-44-45(29-51(42)66-52)60(9,10)24-23-59(44,7)8)27-38(47)36-20-21-37-39-26-40-35-13-11-12-14-48(35)64-50(40)30-46(39)62-54(37)53(36)61(63)56-55(62)43-25-33(58(4,5)6)17-22-49(43)65-56/h11-22,25-31H,23-24H2,1-10H3. The van der Waals surface area contributed by atoms with Crippen LogP contribution in [0.25, 0.3) is 91.7 Å². The Morgan fingerprint density at radius 1 is 0.545 bits per heavy atom. The topological polar surface area (TPSA) is 34.5 Å². The minimum atomic E-state index is -0.224. The van der Waals surface area contributed by atoms with Crippen LogP contribution in [0.3, 0.4) is 0 Å². The van der Waals surface area contributed by atoms with Gasteiger partial charge in [0.05, 0.1) is 16.7 Å². The van der Waals surface area contributed by atoms with Crippen LogP contribution in [0, 0.1) is 0 Å². The minimum Gasteiger partial charge on any atom is -0.466 e. The molecule has 66 heavy (non-hydrogen) atoms. The number of benzene rings is 7. The van der Waals surface area contributed by atoms with Crippen molar-refractivity contribution < 1.29 is 8.83 Å². The van der Waals surface area contributed by atoms with Crippen LogP contribution < -0.4 is 15.9 Å². The molecule has 14 rings (SSSR count). The zero-order valence-electron chi connectivity index (χ0n) is 39.6. The van der Waals surface area contributed by atoms with Crippen molar-refractivity contribution in [2.45, 2.75) is 104 Å². The highest BCUT2D eigenvalue weighted by Crippen LogP contribution is 2.53. The zero-order chi connectivity index (χ0) is 45.1. The first kappa shape index (κ1) is 39.0. The van der Waals surface area contributed by atoms with Crippen molar-refractivity contribution in [3.63, 3.8) is 0 Å². The van der Waals surface area contributed by atoms with E-state index in [1.807, 2.05) is 11.3 Å². The number of para-hydroxylation sites is 1. The Morgan fingerprint density at radius 3 is 1.98 bits per heavy atom. The number of hydrogen-bond donors (Lipinski definition) is 0. The van der Waals surface area contributed by atoms with Crippen molar-refractivity contribution in [3.8, 4) is 16.8 Å². The zero-order valence-corrected chi connectivity index (χ0v) is 40.4. The quantitative estimate of drug-likeness (QED) is 0.154.